The molecule has 0 spiro atoms. The highest BCUT2D eigenvalue weighted by atomic mass is 16.5. The molecule has 1 aromatic heterocycles. The van der Waals surface area contributed by atoms with Gasteiger partial charge in [-0.15, -0.1) is 0 Å². The van der Waals surface area contributed by atoms with Crippen LogP contribution in [0.15, 0.2) is 9.52 Å². The third-order valence-electron chi connectivity index (χ3n) is 4.20. The van der Waals surface area contributed by atoms with Crippen LogP contribution in [-0.4, -0.2) is 48.9 Å². The van der Waals surface area contributed by atoms with Gasteiger partial charge < -0.3 is 19.9 Å². The minimum absolute atomic E-state index is 0.107. The Bertz CT molecular complexity index is 497. The second-order valence-electron chi connectivity index (χ2n) is 5.96. The summed E-state index contributed by atoms with van der Waals surface area (Å²) in [5.41, 5.74) is 0.107. The van der Waals surface area contributed by atoms with Crippen molar-refractivity contribution >= 4 is 5.96 Å². The Morgan fingerprint density at radius 3 is 2.81 bits per heavy atom. The molecule has 0 saturated heterocycles. The summed E-state index contributed by atoms with van der Waals surface area (Å²) in [6.45, 7) is 6.92. The van der Waals surface area contributed by atoms with Crippen molar-refractivity contribution in [2.75, 3.05) is 20.7 Å². The maximum Gasteiger partial charge on any atom is 0.228 e. The van der Waals surface area contributed by atoms with E-state index in [2.05, 4.69) is 39.6 Å². The van der Waals surface area contributed by atoms with Crippen LogP contribution in [0.5, 0.6) is 0 Å². The highest BCUT2D eigenvalue weighted by molar-refractivity contribution is 5.80. The average Bonchev–Trinajstić information content (AvgIpc) is 2.86. The molecule has 1 aromatic rings. The molecule has 7 heteroatoms. The summed E-state index contributed by atoms with van der Waals surface area (Å²) in [5.74, 6) is 2.09. The average molecular weight is 295 g/mol. The van der Waals surface area contributed by atoms with E-state index in [1.54, 1.807) is 14.2 Å². The lowest BCUT2D eigenvalue weighted by Gasteiger charge is -2.51. The summed E-state index contributed by atoms with van der Waals surface area (Å²) in [4.78, 5) is 8.42. The smallest absolute Gasteiger partial charge is 0.228 e. The Morgan fingerprint density at radius 2 is 2.29 bits per heavy atom. The highest BCUT2D eigenvalue weighted by Gasteiger charge is 2.48. The van der Waals surface area contributed by atoms with E-state index in [1.165, 1.54) is 0 Å². The Labute approximate surface area is 125 Å². The van der Waals surface area contributed by atoms with Gasteiger partial charge in [-0.1, -0.05) is 19.0 Å². The number of hydrogen-bond acceptors (Lipinski definition) is 5. The zero-order valence-electron chi connectivity index (χ0n) is 13.4. The molecule has 2 atom stereocenters. The molecule has 0 radical (unpaired) electrons. The van der Waals surface area contributed by atoms with Crippen LogP contribution >= 0.6 is 0 Å². The van der Waals surface area contributed by atoms with E-state index in [9.17, 15) is 0 Å². The third kappa shape index (κ3) is 3.53. The van der Waals surface area contributed by atoms with Crippen molar-refractivity contribution in [2.45, 2.75) is 45.8 Å². The minimum atomic E-state index is 0.107. The Morgan fingerprint density at radius 1 is 1.52 bits per heavy atom. The molecule has 2 N–H and O–H groups in total. The van der Waals surface area contributed by atoms with E-state index in [-0.39, 0.29) is 5.41 Å². The first-order valence-corrected chi connectivity index (χ1v) is 7.26. The summed E-state index contributed by atoms with van der Waals surface area (Å²) in [7, 11) is 3.54. The van der Waals surface area contributed by atoms with Gasteiger partial charge in [0.2, 0.25) is 5.89 Å². The molecule has 1 aliphatic rings. The molecule has 2 unspecified atom stereocenters. The number of aromatic nitrogens is 2. The van der Waals surface area contributed by atoms with E-state index in [4.69, 9.17) is 9.26 Å². The summed E-state index contributed by atoms with van der Waals surface area (Å²) < 4.78 is 10.5. The van der Waals surface area contributed by atoms with Gasteiger partial charge in [-0.25, -0.2) is 0 Å². The first-order chi connectivity index (χ1) is 9.97. The molecule has 1 fully saturated rings. The molecule has 1 saturated carbocycles. The monoisotopic (exact) mass is 295 g/mol. The van der Waals surface area contributed by atoms with Crippen molar-refractivity contribution in [3.63, 3.8) is 0 Å². The second kappa shape index (κ2) is 6.43. The highest BCUT2D eigenvalue weighted by Crippen LogP contribution is 2.42. The van der Waals surface area contributed by atoms with Crippen LogP contribution in [0.4, 0.5) is 0 Å². The van der Waals surface area contributed by atoms with E-state index in [0.29, 0.717) is 36.8 Å². The van der Waals surface area contributed by atoms with Gasteiger partial charge >= 0.3 is 0 Å². The molecule has 118 valence electrons. The predicted molar refractivity (Wildman–Crippen MR) is 80.2 cm³/mol. The number of hydrogen-bond donors (Lipinski definition) is 2. The van der Waals surface area contributed by atoms with Gasteiger partial charge in [-0.05, 0) is 13.3 Å². The number of aliphatic imine (C=N–C) groups is 1. The SMILES string of the molecule is CN=C(NCCc1nc(C)no1)NC1CC(OC)C1(C)C. The van der Waals surface area contributed by atoms with Crippen molar-refractivity contribution in [3.8, 4) is 0 Å². The lowest BCUT2D eigenvalue weighted by atomic mass is 9.64. The van der Waals surface area contributed by atoms with Crippen LogP contribution in [-0.2, 0) is 11.2 Å². The molecule has 21 heavy (non-hydrogen) atoms. The lowest BCUT2D eigenvalue weighted by Crippen LogP contribution is -2.63. The summed E-state index contributed by atoms with van der Waals surface area (Å²) in [5, 5.41) is 10.5. The minimum Gasteiger partial charge on any atom is -0.381 e. The molecule has 2 rings (SSSR count). The lowest BCUT2D eigenvalue weighted by molar-refractivity contribution is -0.0922. The van der Waals surface area contributed by atoms with Crippen LogP contribution in [0.3, 0.4) is 0 Å². The van der Waals surface area contributed by atoms with Crippen LogP contribution < -0.4 is 10.6 Å². The molecule has 1 aliphatic carbocycles. The van der Waals surface area contributed by atoms with Crippen LogP contribution in [0.25, 0.3) is 0 Å². The Kier molecular flexibility index (Phi) is 4.82. The normalized spacial score (nSPS) is 24.5. The second-order valence-corrected chi connectivity index (χ2v) is 5.96. The van der Waals surface area contributed by atoms with E-state index >= 15 is 0 Å². The van der Waals surface area contributed by atoms with Crippen LogP contribution in [0.2, 0.25) is 0 Å². The fourth-order valence-corrected chi connectivity index (χ4v) is 2.62. The van der Waals surface area contributed by atoms with Crippen molar-refractivity contribution in [3.05, 3.63) is 11.7 Å². The fourth-order valence-electron chi connectivity index (χ4n) is 2.62. The van der Waals surface area contributed by atoms with Gasteiger partial charge in [0.15, 0.2) is 11.8 Å². The van der Waals surface area contributed by atoms with Gasteiger partial charge in [0.05, 0.1) is 6.10 Å². The van der Waals surface area contributed by atoms with Crippen molar-refractivity contribution in [2.24, 2.45) is 10.4 Å². The number of aryl methyl sites for hydroxylation is 1. The summed E-state index contributed by atoms with van der Waals surface area (Å²) in [6, 6.07) is 0.360. The first-order valence-electron chi connectivity index (χ1n) is 7.26. The van der Waals surface area contributed by atoms with Crippen LogP contribution in [0.1, 0.15) is 32.0 Å². The van der Waals surface area contributed by atoms with Crippen molar-refractivity contribution in [1.82, 2.24) is 20.8 Å². The Hall–Kier alpha value is -1.63. The van der Waals surface area contributed by atoms with Gasteiger partial charge in [0, 0.05) is 38.6 Å². The zero-order valence-corrected chi connectivity index (χ0v) is 13.4. The van der Waals surface area contributed by atoms with Gasteiger partial charge in [-0.2, -0.15) is 4.98 Å². The topological polar surface area (TPSA) is 84.6 Å². The standard InChI is InChI=1S/C14H25N5O2/c1-9-17-12(21-19-9)6-7-16-13(15-4)18-10-8-11(20-5)14(10,2)3/h10-11H,6-8H2,1-5H3,(H2,15,16,18). The molecule has 0 amide bonds. The van der Waals surface area contributed by atoms with Crippen LogP contribution in [0, 0.1) is 12.3 Å². The number of ether oxygens (including phenoxy) is 1. The first kappa shape index (κ1) is 15.8. The number of nitrogens with zero attached hydrogens (tertiary/aromatic N) is 3. The van der Waals surface area contributed by atoms with E-state index in [1.807, 2.05) is 6.92 Å². The maximum atomic E-state index is 5.46. The molecular weight excluding hydrogens is 270 g/mol. The molecule has 1 heterocycles. The summed E-state index contributed by atoms with van der Waals surface area (Å²) in [6.07, 6.45) is 1.97. The van der Waals surface area contributed by atoms with E-state index in [0.717, 1.165) is 12.4 Å². The molecule has 0 aliphatic heterocycles. The molecule has 7 nitrogen and oxygen atoms in total. The van der Waals surface area contributed by atoms with Gasteiger partial charge in [-0.3, -0.25) is 4.99 Å². The predicted octanol–water partition coefficient (Wildman–Crippen LogP) is 0.899. The number of guanidine groups is 1. The molecule has 0 bridgehead atoms. The Balaban J connectivity index is 1.77. The quantitative estimate of drug-likeness (QED) is 0.620. The fraction of sp³-hybridized carbons (Fsp3) is 0.786. The number of nitrogens with one attached hydrogen (secondary N) is 2. The molecular formula is C14H25N5O2. The van der Waals surface area contributed by atoms with Gasteiger partial charge in [0.25, 0.3) is 0 Å². The third-order valence-corrected chi connectivity index (χ3v) is 4.20. The zero-order chi connectivity index (χ0) is 15.5. The van der Waals surface area contributed by atoms with E-state index < -0.39 is 0 Å². The maximum absolute atomic E-state index is 5.46. The van der Waals surface area contributed by atoms with Crippen molar-refractivity contribution in [1.29, 1.82) is 0 Å². The molecule has 0 aromatic carbocycles. The summed E-state index contributed by atoms with van der Waals surface area (Å²) >= 11 is 0. The number of methoxy groups -OCH3 is 1. The largest absolute Gasteiger partial charge is 0.381 e. The number of rotatable bonds is 5. The van der Waals surface area contributed by atoms with Crippen molar-refractivity contribution < 1.29 is 9.26 Å². The van der Waals surface area contributed by atoms with Gasteiger partial charge in [0.1, 0.15) is 0 Å².